The fourth-order valence-corrected chi connectivity index (χ4v) is 3.16. The smallest absolute Gasteiger partial charge is 0.315 e. The largest absolute Gasteiger partial charge is 0.508 e. The van der Waals surface area contributed by atoms with Crippen molar-refractivity contribution in [2.75, 3.05) is 6.54 Å². The van der Waals surface area contributed by atoms with Gasteiger partial charge >= 0.3 is 6.03 Å². The van der Waals surface area contributed by atoms with Gasteiger partial charge in [-0.1, -0.05) is 42.5 Å². The van der Waals surface area contributed by atoms with E-state index in [-0.39, 0.29) is 12.1 Å². The Morgan fingerprint density at radius 2 is 1.96 bits per heavy atom. The number of phenolic OH excluding ortho intramolecular Hbond substituents is 1. The standard InChI is InChI=1S/C19H22N2O3/c22-17(13-5-2-1-3-6-13)11-12-20-19(24)21-16-10-9-15-14(16)7-4-8-18(15)23/h1-8,16-17,22-23H,9-12H2,(H2,20,21,24). The van der Waals surface area contributed by atoms with Crippen LogP contribution in [0.15, 0.2) is 48.5 Å². The fraction of sp³-hybridized carbons (Fsp3) is 0.316. The average molecular weight is 326 g/mol. The van der Waals surface area contributed by atoms with Crippen LogP contribution in [0.5, 0.6) is 5.75 Å². The fourth-order valence-electron chi connectivity index (χ4n) is 3.16. The molecule has 0 saturated carbocycles. The van der Waals surface area contributed by atoms with Gasteiger partial charge in [-0.2, -0.15) is 0 Å². The van der Waals surface area contributed by atoms with Gasteiger partial charge in [-0.15, -0.1) is 0 Å². The minimum Gasteiger partial charge on any atom is -0.508 e. The maximum atomic E-state index is 12.0. The average Bonchev–Trinajstić information content (AvgIpc) is 3.00. The van der Waals surface area contributed by atoms with E-state index in [9.17, 15) is 15.0 Å². The van der Waals surface area contributed by atoms with Gasteiger partial charge in [-0.05, 0) is 42.0 Å². The number of phenols is 1. The number of hydrogen-bond acceptors (Lipinski definition) is 3. The van der Waals surface area contributed by atoms with Crippen molar-refractivity contribution in [1.29, 1.82) is 0 Å². The minimum atomic E-state index is -0.587. The Morgan fingerprint density at radius 3 is 2.75 bits per heavy atom. The number of carbonyl (C=O) groups is 1. The lowest BCUT2D eigenvalue weighted by atomic mass is 10.1. The zero-order valence-electron chi connectivity index (χ0n) is 13.4. The number of hydrogen-bond donors (Lipinski definition) is 4. The molecule has 0 aliphatic heterocycles. The summed E-state index contributed by atoms with van der Waals surface area (Å²) in [5.74, 6) is 0.295. The van der Waals surface area contributed by atoms with Crippen molar-refractivity contribution in [2.45, 2.75) is 31.4 Å². The first kappa shape index (κ1) is 16.3. The number of fused-ring (bicyclic) bond motifs is 1. The van der Waals surface area contributed by atoms with Crippen LogP contribution in [0.25, 0.3) is 0 Å². The third-order valence-electron chi connectivity index (χ3n) is 4.44. The van der Waals surface area contributed by atoms with Crippen LogP contribution < -0.4 is 10.6 Å². The molecule has 4 N–H and O–H groups in total. The number of aliphatic hydroxyl groups is 1. The molecule has 2 amide bonds. The van der Waals surface area contributed by atoms with Crippen molar-refractivity contribution in [3.63, 3.8) is 0 Å². The maximum absolute atomic E-state index is 12.0. The molecule has 0 heterocycles. The van der Waals surface area contributed by atoms with Crippen LogP contribution in [-0.4, -0.2) is 22.8 Å². The quantitative estimate of drug-likeness (QED) is 0.682. The minimum absolute atomic E-state index is 0.0776. The predicted octanol–water partition coefficient (Wildman–Crippen LogP) is 2.80. The molecule has 2 aromatic carbocycles. The third kappa shape index (κ3) is 3.68. The summed E-state index contributed by atoms with van der Waals surface area (Å²) in [5, 5.41) is 25.6. The van der Waals surface area contributed by atoms with E-state index in [2.05, 4.69) is 10.6 Å². The summed E-state index contributed by atoms with van der Waals surface area (Å²) in [6.45, 7) is 0.390. The molecular weight excluding hydrogens is 304 g/mol. The molecule has 0 bridgehead atoms. The number of aromatic hydroxyl groups is 1. The van der Waals surface area contributed by atoms with Crippen molar-refractivity contribution in [3.8, 4) is 5.75 Å². The molecule has 2 atom stereocenters. The zero-order valence-corrected chi connectivity index (χ0v) is 13.4. The van der Waals surface area contributed by atoms with E-state index in [1.165, 1.54) is 0 Å². The molecule has 5 nitrogen and oxygen atoms in total. The molecular formula is C19H22N2O3. The van der Waals surface area contributed by atoms with Gasteiger partial charge in [0.05, 0.1) is 12.1 Å². The molecule has 5 heteroatoms. The van der Waals surface area contributed by atoms with Crippen molar-refractivity contribution >= 4 is 6.03 Å². The van der Waals surface area contributed by atoms with Crippen LogP contribution >= 0.6 is 0 Å². The number of carbonyl (C=O) groups excluding carboxylic acids is 1. The maximum Gasteiger partial charge on any atom is 0.315 e. The number of amides is 2. The molecule has 2 aromatic rings. The number of urea groups is 1. The molecule has 3 rings (SSSR count). The molecule has 2 unspecified atom stereocenters. The Morgan fingerprint density at radius 1 is 1.17 bits per heavy atom. The SMILES string of the molecule is O=C(NCCC(O)c1ccccc1)NC1CCc2c(O)cccc21. The first-order valence-electron chi connectivity index (χ1n) is 8.23. The molecule has 1 aliphatic carbocycles. The van der Waals surface area contributed by atoms with Crippen molar-refractivity contribution in [3.05, 3.63) is 65.2 Å². The summed E-state index contributed by atoms with van der Waals surface area (Å²) >= 11 is 0. The summed E-state index contributed by atoms with van der Waals surface area (Å²) < 4.78 is 0. The van der Waals surface area contributed by atoms with Gasteiger partial charge in [0.2, 0.25) is 0 Å². The third-order valence-corrected chi connectivity index (χ3v) is 4.44. The Kier molecular flexibility index (Phi) is 5.01. The highest BCUT2D eigenvalue weighted by Gasteiger charge is 2.25. The van der Waals surface area contributed by atoms with E-state index in [4.69, 9.17) is 0 Å². The summed E-state index contributed by atoms with van der Waals surface area (Å²) in [4.78, 5) is 12.0. The zero-order chi connectivity index (χ0) is 16.9. The van der Waals surface area contributed by atoms with Gasteiger partial charge in [-0.25, -0.2) is 4.79 Å². The second kappa shape index (κ2) is 7.36. The highest BCUT2D eigenvalue weighted by atomic mass is 16.3. The van der Waals surface area contributed by atoms with Gasteiger partial charge < -0.3 is 20.8 Å². The van der Waals surface area contributed by atoms with Crippen LogP contribution in [0.4, 0.5) is 4.79 Å². The normalized spacial score (nSPS) is 17.1. The van der Waals surface area contributed by atoms with E-state index in [1.807, 2.05) is 36.4 Å². The van der Waals surface area contributed by atoms with E-state index in [1.54, 1.807) is 12.1 Å². The van der Waals surface area contributed by atoms with E-state index < -0.39 is 6.10 Å². The molecule has 0 aromatic heterocycles. The Labute approximate surface area is 141 Å². The molecule has 0 saturated heterocycles. The Bertz CT molecular complexity index is 703. The second-order valence-corrected chi connectivity index (χ2v) is 6.05. The van der Waals surface area contributed by atoms with Crippen LogP contribution in [-0.2, 0) is 6.42 Å². The van der Waals surface area contributed by atoms with Gasteiger partial charge in [0.1, 0.15) is 5.75 Å². The Balaban J connectivity index is 1.47. The lowest BCUT2D eigenvalue weighted by molar-refractivity contribution is 0.166. The predicted molar refractivity (Wildman–Crippen MR) is 91.7 cm³/mol. The number of nitrogens with one attached hydrogen (secondary N) is 2. The number of aliphatic hydroxyl groups excluding tert-OH is 1. The van der Waals surface area contributed by atoms with Crippen molar-refractivity contribution < 1.29 is 15.0 Å². The lowest BCUT2D eigenvalue weighted by Crippen LogP contribution is -2.38. The van der Waals surface area contributed by atoms with Gasteiger partial charge in [0, 0.05) is 6.54 Å². The molecule has 1 aliphatic rings. The Hall–Kier alpha value is -2.53. The van der Waals surface area contributed by atoms with Gasteiger partial charge in [0.25, 0.3) is 0 Å². The monoisotopic (exact) mass is 326 g/mol. The molecule has 0 spiro atoms. The van der Waals surface area contributed by atoms with Gasteiger partial charge in [-0.3, -0.25) is 0 Å². The van der Waals surface area contributed by atoms with E-state index in [0.29, 0.717) is 18.7 Å². The highest BCUT2D eigenvalue weighted by Crippen LogP contribution is 2.36. The highest BCUT2D eigenvalue weighted by molar-refractivity contribution is 5.74. The molecule has 126 valence electrons. The lowest BCUT2D eigenvalue weighted by Gasteiger charge is -2.16. The molecule has 0 radical (unpaired) electrons. The topological polar surface area (TPSA) is 81.6 Å². The number of benzene rings is 2. The van der Waals surface area contributed by atoms with Crippen LogP contribution in [0.2, 0.25) is 0 Å². The summed E-state index contributed by atoms with van der Waals surface area (Å²) in [7, 11) is 0. The molecule has 0 fully saturated rings. The summed E-state index contributed by atoms with van der Waals surface area (Å²) in [6, 6.07) is 14.5. The number of rotatable bonds is 5. The van der Waals surface area contributed by atoms with Crippen molar-refractivity contribution in [2.24, 2.45) is 0 Å². The van der Waals surface area contributed by atoms with E-state index in [0.717, 1.165) is 29.5 Å². The summed E-state index contributed by atoms with van der Waals surface area (Å²) in [5.41, 5.74) is 2.75. The first-order chi connectivity index (χ1) is 11.6. The van der Waals surface area contributed by atoms with Crippen LogP contribution in [0.3, 0.4) is 0 Å². The first-order valence-corrected chi connectivity index (χ1v) is 8.23. The van der Waals surface area contributed by atoms with Crippen molar-refractivity contribution in [1.82, 2.24) is 10.6 Å². The second-order valence-electron chi connectivity index (χ2n) is 6.05. The summed E-state index contributed by atoms with van der Waals surface area (Å²) in [6.07, 6.45) is 1.42. The van der Waals surface area contributed by atoms with Gasteiger partial charge in [0.15, 0.2) is 0 Å². The molecule has 24 heavy (non-hydrogen) atoms. The van der Waals surface area contributed by atoms with Crippen LogP contribution in [0.1, 0.15) is 41.7 Å². The van der Waals surface area contributed by atoms with Crippen LogP contribution in [0, 0.1) is 0 Å². The van der Waals surface area contributed by atoms with E-state index >= 15 is 0 Å².